The Balaban J connectivity index is 1.41. The molecule has 1 aromatic rings. The van der Waals surface area contributed by atoms with Crippen molar-refractivity contribution in [3.8, 4) is 0 Å². The third-order valence-electron chi connectivity index (χ3n) is 6.44. The van der Waals surface area contributed by atoms with Gasteiger partial charge in [-0.05, 0) is 79.9 Å². The van der Waals surface area contributed by atoms with Crippen LogP contribution in [0.1, 0.15) is 49.7 Å². The molecule has 0 heterocycles. The first kappa shape index (κ1) is 14.5. The second kappa shape index (κ2) is 5.53. The first-order valence-corrected chi connectivity index (χ1v) is 9.04. The Morgan fingerprint density at radius 1 is 1.05 bits per heavy atom. The molecule has 0 N–H and O–H groups in total. The summed E-state index contributed by atoms with van der Waals surface area (Å²) in [7, 11) is 2.32. The van der Waals surface area contributed by atoms with Crippen molar-refractivity contribution in [2.45, 2.75) is 45.1 Å². The molecular formula is C21H29N. The maximum atomic E-state index is 3.83. The van der Waals surface area contributed by atoms with Crippen molar-refractivity contribution in [2.75, 3.05) is 13.6 Å². The summed E-state index contributed by atoms with van der Waals surface area (Å²) in [5, 5.41) is 0. The number of rotatable bonds is 5. The van der Waals surface area contributed by atoms with Gasteiger partial charge in [-0.1, -0.05) is 36.9 Å². The lowest BCUT2D eigenvalue weighted by Gasteiger charge is -2.57. The van der Waals surface area contributed by atoms with E-state index in [1.807, 2.05) is 6.08 Å². The highest BCUT2D eigenvalue weighted by Gasteiger charge is 2.50. The molecule has 118 valence electrons. The molecule has 0 radical (unpaired) electrons. The van der Waals surface area contributed by atoms with E-state index in [1.54, 1.807) is 19.3 Å². The standard InChI is InChI=1S/C21H29N/c1-3-16-4-6-17(7-5-16)14-22(2)15-21-11-18-8-19(12-21)10-20(9-18)13-21/h3-7,18-20H,1,8-15H2,2H3. The minimum absolute atomic E-state index is 0.657. The lowest BCUT2D eigenvalue weighted by Crippen LogP contribution is -2.50. The van der Waals surface area contributed by atoms with Crippen LogP contribution >= 0.6 is 0 Å². The highest BCUT2D eigenvalue weighted by Crippen LogP contribution is 2.60. The molecule has 22 heavy (non-hydrogen) atoms. The van der Waals surface area contributed by atoms with Gasteiger partial charge in [0.2, 0.25) is 0 Å². The van der Waals surface area contributed by atoms with Crippen LogP contribution in [0.5, 0.6) is 0 Å². The van der Waals surface area contributed by atoms with Gasteiger partial charge >= 0.3 is 0 Å². The number of benzene rings is 1. The minimum Gasteiger partial charge on any atom is -0.302 e. The smallest absolute Gasteiger partial charge is 0.0230 e. The van der Waals surface area contributed by atoms with E-state index in [4.69, 9.17) is 0 Å². The molecule has 1 aromatic carbocycles. The maximum Gasteiger partial charge on any atom is 0.0230 e. The molecule has 0 saturated heterocycles. The predicted octanol–water partition coefficient (Wildman–Crippen LogP) is 4.98. The third-order valence-corrected chi connectivity index (χ3v) is 6.44. The molecule has 0 amide bonds. The molecule has 1 heteroatoms. The Morgan fingerprint density at radius 2 is 1.59 bits per heavy atom. The minimum atomic E-state index is 0.657. The Bertz CT molecular complexity index is 506. The summed E-state index contributed by atoms with van der Waals surface area (Å²) in [4.78, 5) is 2.58. The first-order chi connectivity index (χ1) is 10.6. The topological polar surface area (TPSA) is 3.24 Å². The highest BCUT2D eigenvalue weighted by molar-refractivity contribution is 5.47. The number of hydrogen-bond donors (Lipinski definition) is 0. The van der Waals surface area contributed by atoms with Crippen LogP contribution in [-0.4, -0.2) is 18.5 Å². The van der Waals surface area contributed by atoms with Gasteiger partial charge in [-0.25, -0.2) is 0 Å². The van der Waals surface area contributed by atoms with Gasteiger partial charge in [0.25, 0.3) is 0 Å². The second-order valence-electron chi connectivity index (χ2n) is 8.54. The van der Waals surface area contributed by atoms with E-state index >= 15 is 0 Å². The van der Waals surface area contributed by atoms with E-state index < -0.39 is 0 Å². The molecule has 0 atom stereocenters. The number of hydrogen-bond acceptors (Lipinski definition) is 1. The predicted molar refractivity (Wildman–Crippen MR) is 93.5 cm³/mol. The molecule has 4 fully saturated rings. The molecule has 1 nitrogen and oxygen atoms in total. The molecule has 4 saturated carbocycles. The maximum absolute atomic E-state index is 3.83. The van der Waals surface area contributed by atoms with Crippen LogP contribution in [0.4, 0.5) is 0 Å². The fourth-order valence-electron chi connectivity index (χ4n) is 6.18. The Kier molecular flexibility index (Phi) is 3.64. The monoisotopic (exact) mass is 295 g/mol. The van der Waals surface area contributed by atoms with Gasteiger partial charge in [-0.2, -0.15) is 0 Å². The average Bonchev–Trinajstić information content (AvgIpc) is 2.45. The van der Waals surface area contributed by atoms with E-state index in [2.05, 4.69) is 42.8 Å². The molecule has 0 aromatic heterocycles. The van der Waals surface area contributed by atoms with E-state index in [9.17, 15) is 0 Å². The van der Waals surface area contributed by atoms with Gasteiger partial charge in [-0.15, -0.1) is 0 Å². The van der Waals surface area contributed by atoms with E-state index in [1.165, 1.54) is 36.9 Å². The van der Waals surface area contributed by atoms with Crippen molar-refractivity contribution in [3.05, 3.63) is 42.0 Å². The Hall–Kier alpha value is -1.08. The fraction of sp³-hybridized carbons (Fsp3) is 0.619. The summed E-state index contributed by atoms with van der Waals surface area (Å²) in [6.07, 6.45) is 11.1. The van der Waals surface area contributed by atoms with Gasteiger partial charge in [-0.3, -0.25) is 0 Å². The molecular weight excluding hydrogens is 266 g/mol. The summed E-state index contributed by atoms with van der Waals surface area (Å²) >= 11 is 0. The van der Waals surface area contributed by atoms with Crippen LogP contribution < -0.4 is 0 Å². The molecule has 0 aliphatic heterocycles. The summed E-state index contributed by atoms with van der Waals surface area (Å²) in [6, 6.07) is 8.88. The summed E-state index contributed by atoms with van der Waals surface area (Å²) < 4.78 is 0. The average molecular weight is 295 g/mol. The zero-order valence-corrected chi connectivity index (χ0v) is 13.9. The summed E-state index contributed by atoms with van der Waals surface area (Å²) in [6.45, 7) is 6.22. The highest BCUT2D eigenvalue weighted by atomic mass is 15.1. The van der Waals surface area contributed by atoms with Crippen LogP contribution in [0.15, 0.2) is 30.8 Å². The van der Waals surface area contributed by atoms with E-state index in [0.29, 0.717) is 5.41 Å². The normalized spacial score (nSPS) is 36.0. The zero-order chi connectivity index (χ0) is 15.2. The molecule has 4 aliphatic rings. The van der Waals surface area contributed by atoms with E-state index in [0.717, 1.165) is 24.3 Å². The largest absolute Gasteiger partial charge is 0.302 e. The SMILES string of the molecule is C=Cc1ccc(CN(C)CC23CC4CC(CC(C4)C2)C3)cc1. The zero-order valence-electron chi connectivity index (χ0n) is 13.9. The summed E-state index contributed by atoms with van der Waals surface area (Å²) in [5.41, 5.74) is 3.30. The molecule has 4 bridgehead atoms. The quantitative estimate of drug-likeness (QED) is 0.740. The van der Waals surface area contributed by atoms with E-state index in [-0.39, 0.29) is 0 Å². The van der Waals surface area contributed by atoms with Crippen LogP contribution in [0.2, 0.25) is 0 Å². The molecule has 0 spiro atoms. The third kappa shape index (κ3) is 2.76. The van der Waals surface area contributed by atoms with Crippen molar-refractivity contribution in [1.82, 2.24) is 4.90 Å². The second-order valence-corrected chi connectivity index (χ2v) is 8.54. The lowest BCUT2D eigenvalue weighted by molar-refractivity contribution is -0.0670. The van der Waals surface area contributed by atoms with Crippen molar-refractivity contribution < 1.29 is 0 Å². The van der Waals surface area contributed by atoms with Gasteiger partial charge < -0.3 is 4.90 Å². The van der Waals surface area contributed by atoms with Gasteiger partial charge in [0.15, 0.2) is 0 Å². The molecule has 5 rings (SSSR count). The number of nitrogens with zero attached hydrogens (tertiary/aromatic N) is 1. The Labute approximate surface area is 135 Å². The molecule has 4 aliphatic carbocycles. The van der Waals surface area contributed by atoms with Crippen LogP contribution in [0, 0.1) is 23.2 Å². The Morgan fingerprint density at radius 3 is 2.09 bits per heavy atom. The van der Waals surface area contributed by atoms with Gasteiger partial charge in [0.05, 0.1) is 0 Å². The fourth-order valence-corrected chi connectivity index (χ4v) is 6.18. The molecule has 0 unspecified atom stereocenters. The summed E-state index contributed by atoms with van der Waals surface area (Å²) in [5.74, 6) is 3.18. The van der Waals surface area contributed by atoms with Crippen LogP contribution in [-0.2, 0) is 6.54 Å². The van der Waals surface area contributed by atoms with Gasteiger partial charge in [0, 0.05) is 13.1 Å². The lowest BCUT2D eigenvalue weighted by atomic mass is 9.49. The van der Waals surface area contributed by atoms with Crippen molar-refractivity contribution >= 4 is 6.08 Å². The van der Waals surface area contributed by atoms with Crippen LogP contribution in [0.3, 0.4) is 0 Å². The van der Waals surface area contributed by atoms with Crippen molar-refractivity contribution in [3.63, 3.8) is 0 Å². The first-order valence-electron chi connectivity index (χ1n) is 9.04. The van der Waals surface area contributed by atoms with Crippen molar-refractivity contribution in [1.29, 1.82) is 0 Å². The van der Waals surface area contributed by atoms with Crippen LogP contribution in [0.25, 0.3) is 6.08 Å². The van der Waals surface area contributed by atoms with Gasteiger partial charge in [0.1, 0.15) is 0 Å². The van der Waals surface area contributed by atoms with Crippen molar-refractivity contribution in [2.24, 2.45) is 23.2 Å².